The average Bonchev–Trinajstić information content (AvgIpc) is 2.84. The average molecular weight is 452 g/mol. The van der Waals surface area contributed by atoms with Crippen LogP contribution in [0.15, 0.2) is 85.1 Å². The lowest BCUT2D eigenvalue weighted by molar-refractivity contribution is 0.102. The van der Waals surface area contributed by atoms with Crippen molar-refractivity contribution in [1.82, 2.24) is 10.3 Å². The fraction of sp³-hybridized carbons (Fsp3) is 0.0769. The molecular formula is C26H21N5OS. The molecular weight excluding hydrogens is 430 g/mol. The molecule has 6 nitrogen and oxygen atoms in total. The van der Waals surface area contributed by atoms with E-state index in [4.69, 9.17) is 17.5 Å². The molecule has 1 heterocycles. The maximum absolute atomic E-state index is 12.7. The van der Waals surface area contributed by atoms with Gasteiger partial charge in [-0.1, -0.05) is 36.4 Å². The number of thiocarbonyl (C=S) groups is 1. The molecule has 3 N–H and O–H groups in total. The second kappa shape index (κ2) is 9.90. The van der Waals surface area contributed by atoms with E-state index in [1.807, 2.05) is 61.5 Å². The van der Waals surface area contributed by atoms with Crippen LogP contribution in [0.2, 0.25) is 0 Å². The summed E-state index contributed by atoms with van der Waals surface area (Å²) < 4.78 is 0. The van der Waals surface area contributed by atoms with Gasteiger partial charge in [0.15, 0.2) is 5.11 Å². The maximum atomic E-state index is 12.7. The number of rotatable bonds is 5. The van der Waals surface area contributed by atoms with Crippen LogP contribution in [0.1, 0.15) is 34.6 Å². The van der Waals surface area contributed by atoms with Crippen molar-refractivity contribution in [2.45, 2.75) is 13.0 Å². The van der Waals surface area contributed by atoms with Crippen molar-refractivity contribution in [2.75, 3.05) is 10.6 Å². The molecule has 1 atom stereocenters. The van der Waals surface area contributed by atoms with Crippen LogP contribution in [0, 0.1) is 11.3 Å². The van der Waals surface area contributed by atoms with Crippen molar-refractivity contribution in [1.29, 1.82) is 5.26 Å². The third kappa shape index (κ3) is 5.32. The summed E-state index contributed by atoms with van der Waals surface area (Å²) in [5.74, 6) is -0.263. The van der Waals surface area contributed by atoms with E-state index in [0.29, 0.717) is 22.1 Å². The topological polar surface area (TPSA) is 89.8 Å². The number of amides is 1. The lowest BCUT2D eigenvalue weighted by atomic mass is 10.1. The number of hydrogen-bond donors (Lipinski definition) is 3. The summed E-state index contributed by atoms with van der Waals surface area (Å²) in [5, 5.41) is 20.4. The first-order valence-electron chi connectivity index (χ1n) is 10.4. The highest BCUT2D eigenvalue weighted by Gasteiger charge is 2.12. The van der Waals surface area contributed by atoms with Gasteiger partial charge < -0.3 is 16.0 Å². The van der Waals surface area contributed by atoms with E-state index >= 15 is 0 Å². The van der Waals surface area contributed by atoms with E-state index in [9.17, 15) is 4.79 Å². The number of carbonyl (C=O) groups is 1. The zero-order chi connectivity index (χ0) is 23.2. The molecule has 0 unspecified atom stereocenters. The molecule has 0 spiro atoms. The van der Waals surface area contributed by atoms with E-state index < -0.39 is 0 Å². The van der Waals surface area contributed by atoms with Crippen LogP contribution in [0.4, 0.5) is 11.4 Å². The third-order valence-corrected chi connectivity index (χ3v) is 5.40. The summed E-state index contributed by atoms with van der Waals surface area (Å²) in [6, 6.07) is 26.3. The molecule has 7 heteroatoms. The summed E-state index contributed by atoms with van der Waals surface area (Å²) in [6.07, 6.45) is 1.64. The Labute approximate surface area is 197 Å². The molecule has 0 saturated carbocycles. The fourth-order valence-electron chi connectivity index (χ4n) is 3.42. The van der Waals surface area contributed by atoms with Crippen LogP contribution < -0.4 is 16.0 Å². The van der Waals surface area contributed by atoms with E-state index in [2.05, 4.69) is 27.0 Å². The Morgan fingerprint density at radius 1 is 0.939 bits per heavy atom. The van der Waals surface area contributed by atoms with Crippen molar-refractivity contribution in [2.24, 2.45) is 0 Å². The third-order valence-electron chi connectivity index (χ3n) is 5.18. The van der Waals surface area contributed by atoms with Gasteiger partial charge in [-0.05, 0) is 72.6 Å². The minimum Gasteiger partial charge on any atom is -0.356 e. The minimum absolute atomic E-state index is 0.0236. The number of pyridine rings is 1. The predicted octanol–water partition coefficient (Wildman–Crippen LogP) is 5.41. The second-order valence-electron chi connectivity index (χ2n) is 7.47. The van der Waals surface area contributed by atoms with E-state index in [1.165, 1.54) is 0 Å². The molecule has 0 radical (unpaired) electrons. The van der Waals surface area contributed by atoms with Gasteiger partial charge in [0.25, 0.3) is 5.91 Å². The number of nitrogens with zero attached hydrogens (tertiary/aromatic N) is 2. The number of carbonyl (C=O) groups excluding carboxylic acids is 1. The molecule has 162 valence electrons. The molecule has 0 aliphatic heterocycles. The molecule has 0 fully saturated rings. The summed E-state index contributed by atoms with van der Waals surface area (Å²) in [7, 11) is 0. The largest absolute Gasteiger partial charge is 0.356 e. The normalized spacial score (nSPS) is 11.3. The molecule has 1 aromatic heterocycles. The number of nitriles is 1. The van der Waals surface area contributed by atoms with Crippen molar-refractivity contribution in [3.8, 4) is 6.07 Å². The molecule has 0 aliphatic carbocycles. The van der Waals surface area contributed by atoms with Crippen LogP contribution in [0.25, 0.3) is 10.8 Å². The van der Waals surface area contributed by atoms with Gasteiger partial charge in [0.05, 0.1) is 17.7 Å². The summed E-state index contributed by atoms with van der Waals surface area (Å²) in [6.45, 7) is 2.00. The van der Waals surface area contributed by atoms with Gasteiger partial charge in [-0.15, -0.1) is 0 Å². The molecule has 1 amide bonds. The molecule has 0 aliphatic rings. The number of aromatic nitrogens is 1. The zero-order valence-corrected chi connectivity index (χ0v) is 18.7. The van der Waals surface area contributed by atoms with Crippen molar-refractivity contribution in [3.63, 3.8) is 0 Å². The number of nitrogens with one attached hydrogen (secondary N) is 3. The molecule has 4 rings (SSSR count). The van der Waals surface area contributed by atoms with E-state index in [1.54, 1.807) is 30.5 Å². The Balaban J connectivity index is 1.36. The van der Waals surface area contributed by atoms with Crippen molar-refractivity contribution < 1.29 is 4.79 Å². The van der Waals surface area contributed by atoms with Crippen LogP contribution in [0.5, 0.6) is 0 Å². The molecule has 3 aromatic carbocycles. The second-order valence-corrected chi connectivity index (χ2v) is 7.87. The van der Waals surface area contributed by atoms with E-state index in [-0.39, 0.29) is 11.9 Å². The highest BCUT2D eigenvalue weighted by molar-refractivity contribution is 7.80. The summed E-state index contributed by atoms with van der Waals surface area (Å²) >= 11 is 5.42. The van der Waals surface area contributed by atoms with Crippen LogP contribution in [-0.4, -0.2) is 16.0 Å². The number of benzene rings is 3. The van der Waals surface area contributed by atoms with Gasteiger partial charge in [0.2, 0.25) is 0 Å². The van der Waals surface area contributed by atoms with Gasteiger partial charge in [-0.2, -0.15) is 5.26 Å². The van der Waals surface area contributed by atoms with Gasteiger partial charge in [0.1, 0.15) is 5.69 Å². The minimum atomic E-state index is -0.263. The van der Waals surface area contributed by atoms with Gasteiger partial charge in [-0.25, -0.2) is 0 Å². The highest BCUT2D eigenvalue weighted by atomic mass is 32.1. The standard InChI is InChI=1S/C26H21N5OS/c1-17(19-8-6-18(16-27)7-9-19)29-26(33)31-22-12-10-21(11-13-22)30-25(32)24-23-5-3-2-4-20(23)14-15-28-24/h2-15,17H,1H3,(H,30,32)(H2,29,31,33)/t17-/m0/s1. The highest BCUT2D eigenvalue weighted by Crippen LogP contribution is 2.19. The quantitative estimate of drug-likeness (QED) is 0.352. The monoisotopic (exact) mass is 451 g/mol. The Hall–Kier alpha value is -4.28. The Bertz CT molecular complexity index is 1340. The molecule has 0 bridgehead atoms. The SMILES string of the molecule is C[C@H](NC(=S)Nc1ccc(NC(=O)c2nccc3ccccc23)cc1)c1ccc(C#N)cc1. The Morgan fingerprint density at radius 2 is 1.61 bits per heavy atom. The van der Waals surface area contributed by atoms with Crippen molar-refractivity contribution in [3.05, 3.63) is 102 Å². The van der Waals surface area contributed by atoms with Crippen LogP contribution in [-0.2, 0) is 0 Å². The lowest BCUT2D eigenvalue weighted by Gasteiger charge is -2.17. The Kier molecular flexibility index (Phi) is 6.58. The van der Waals surface area contributed by atoms with Crippen molar-refractivity contribution >= 4 is 45.4 Å². The molecule has 33 heavy (non-hydrogen) atoms. The van der Waals surface area contributed by atoms with Crippen LogP contribution >= 0.6 is 12.2 Å². The van der Waals surface area contributed by atoms with Gasteiger partial charge in [0, 0.05) is 23.0 Å². The predicted molar refractivity (Wildman–Crippen MR) is 135 cm³/mol. The fourth-order valence-corrected chi connectivity index (χ4v) is 3.72. The Morgan fingerprint density at radius 3 is 2.30 bits per heavy atom. The first-order chi connectivity index (χ1) is 16.0. The smallest absolute Gasteiger partial charge is 0.274 e. The molecule has 4 aromatic rings. The first-order valence-corrected chi connectivity index (χ1v) is 10.8. The molecule has 0 saturated heterocycles. The van der Waals surface area contributed by atoms with Crippen LogP contribution in [0.3, 0.4) is 0 Å². The van der Waals surface area contributed by atoms with E-state index in [0.717, 1.165) is 22.0 Å². The van der Waals surface area contributed by atoms with Gasteiger partial charge in [-0.3, -0.25) is 9.78 Å². The summed E-state index contributed by atoms with van der Waals surface area (Å²) in [4.78, 5) is 17.0. The lowest BCUT2D eigenvalue weighted by Crippen LogP contribution is -2.30. The number of fused-ring (bicyclic) bond motifs is 1. The summed E-state index contributed by atoms with van der Waals surface area (Å²) in [5.41, 5.74) is 3.48. The van der Waals surface area contributed by atoms with Gasteiger partial charge >= 0.3 is 0 Å². The number of anilines is 2. The zero-order valence-electron chi connectivity index (χ0n) is 17.9. The maximum Gasteiger partial charge on any atom is 0.274 e. The first kappa shape index (κ1) is 21.9. The number of hydrogen-bond acceptors (Lipinski definition) is 4.